The molecule has 9 heavy (non-hydrogen) atoms. The van der Waals surface area contributed by atoms with Gasteiger partial charge in [0.2, 0.25) is 0 Å². The van der Waals surface area contributed by atoms with Crippen LogP contribution in [0.15, 0.2) is 0 Å². The van der Waals surface area contributed by atoms with E-state index in [9.17, 15) is 0 Å². The number of aryl methyl sites for hydroxylation is 1. The predicted octanol–water partition coefficient (Wildman–Crippen LogP) is 0.993. The van der Waals surface area contributed by atoms with Crippen molar-refractivity contribution in [2.24, 2.45) is 0 Å². The minimum atomic E-state index is 0.628. The normalized spacial score (nSPS) is 10.0. The van der Waals surface area contributed by atoms with E-state index in [4.69, 9.17) is 4.74 Å². The molecule has 1 aromatic heterocycles. The molecule has 0 bridgehead atoms. The van der Waals surface area contributed by atoms with Crippen LogP contribution in [0.5, 0.6) is 0 Å². The van der Waals surface area contributed by atoms with Gasteiger partial charge >= 0.3 is 0 Å². The first kappa shape index (κ1) is 6.64. The van der Waals surface area contributed by atoms with E-state index in [-0.39, 0.29) is 0 Å². The second kappa shape index (κ2) is 2.89. The van der Waals surface area contributed by atoms with Crippen LogP contribution >= 0.6 is 11.5 Å². The van der Waals surface area contributed by atoms with Crippen molar-refractivity contribution in [2.45, 2.75) is 13.5 Å². The standard InChI is InChI=1S/C5H8N2OS/c1-4-5(3-8-2)9-7-6-4/h3H2,1-2H3. The van der Waals surface area contributed by atoms with Gasteiger partial charge in [-0.15, -0.1) is 5.10 Å². The SMILES string of the molecule is COCc1snnc1C. The second-order valence-corrected chi connectivity index (χ2v) is 2.55. The van der Waals surface area contributed by atoms with Crippen LogP contribution in [0.3, 0.4) is 0 Å². The molecule has 0 aliphatic rings. The lowest BCUT2D eigenvalue weighted by Crippen LogP contribution is -1.85. The third-order valence-corrected chi connectivity index (χ3v) is 1.82. The molecule has 0 aliphatic carbocycles. The summed E-state index contributed by atoms with van der Waals surface area (Å²) in [6.07, 6.45) is 0. The molecule has 4 heteroatoms. The lowest BCUT2D eigenvalue weighted by atomic mass is 10.4. The first-order chi connectivity index (χ1) is 4.34. The van der Waals surface area contributed by atoms with Crippen molar-refractivity contribution in [3.63, 3.8) is 0 Å². The number of hydrogen-bond donors (Lipinski definition) is 0. The maximum Gasteiger partial charge on any atom is 0.0840 e. The Kier molecular flexibility index (Phi) is 2.13. The summed E-state index contributed by atoms with van der Waals surface area (Å²) in [4.78, 5) is 1.11. The molecule has 0 aromatic carbocycles. The molecular weight excluding hydrogens is 136 g/mol. The van der Waals surface area contributed by atoms with E-state index in [1.54, 1.807) is 7.11 Å². The molecule has 0 spiro atoms. The molecular formula is C5H8N2OS. The molecule has 0 saturated heterocycles. The van der Waals surface area contributed by atoms with E-state index in [0.717, 1.165) is 10.6 Å². The molecule has 0 atom stereocenters. The van der Waals surface area contributed by atoms with Gasteiger partial charge in [-0.2, -0.15) is 0 Å². The van der Waals surface area contributed by atoms with E-state index < -0.39 is 0 Å². The molecule has 0 N–H and O–H groups in total. The molecule has 0 aliphatic heterocycles. The summed E-state index contributed by atoms with van der Waals surface area (Å²) in [5.41, 5.74) is 0.974. The zero-order valence-corrected chi connectivity index (χ0v) is 6.23. The van der Waals surface area contributed by atoms with Gasteiger partial charge in [0.15, 0.2) is 0 Å². The van der Waals surface area contributed by atoms with Gasteiger partial charge in [-0.25, -0.2) is 0 Å². The molecule has 0 amide bonds. The molecule has 0 unspecified atom stereocenters. The molecule has 0 saturated carbocycles. The molecule has 3 nitrogen and oxygen atoms in total. The number of nitrogens with zero attached hydrogens (tertiary/aromatic N) is 2. The van der Waals surface area contributed by atoms with Crippen LogP contribution in [0.25, 0.3) is 0 Å². The summed E-state index contributed by atoms with van der Waals surface area (Å²) in [6, 6.07) is 0. The minimum absolute atomic E-state index is 0.628. The Balaban J connectivity index is 2.69. The van der Waals surface area contributed by atoms with Crippen molar-refractivity contribution in [1.82, 2.24) is 9.59 Å². The fourth-order valence-electron chi connectivity index (χ4n) is 0.515. The third kappa shape index (κ3) is 1.46. The van der Waals surface area contributed by atoms with Gasteiger partial charge in [0.1, 0.15) is 0 Å². The molecule has 0 fully saturated rings. The molecule has 0 radical (unpaired) electrons. The topological polar surface area (TPSA) is 35.0 Å². The zero-order valence-electron chi connectivity index (χ0n) is 5.42. The summed E-state index contributed by atoms with van der Waals surface area (Å²) in [5, 5.41) is 3.82. The molecule has 1 rings (SSSR count). The largest absolute Gasteiger partial charge is 0.379 e. The van der Waals surface area contributed by atoms with Crippen molar-refractivity contribution < 1.29 is 4.74 Å². The van der Waals surface area contributed by atoms with Gasteiger partial charge in [-0.1, -0.05) is 4.49 Å². The van der Waals surface area contributed by atoms with Crippen LogP contribution in [0.4, 0.5) is 0 Å². The highest BCUT2D eigenvalue weighted by Gasteiger charge is 1.99. The third-order valence-electron chi connectivity index (χ3n) is 1.02. The number of ether oxygens (including phenoxy) is 1. The lowest BCUT2D eigenvalue weighted by Gasteiger charge is -1.90. The number of methoxy groups -OCH3 is 1. The average molecular weight is 144 g/mol. The van der Waals surface area contributed by atoms with Crippen molar-refractivity contribution in [1.29, 1.82) is 0 Å². The lowest BCUT2D eigenvalue weighted by molar-refractivity contribution is 0.187. The number of aromatic nitrogens is 2. The zero-order chi connectivity index (χ0) is 6.69. The highest BCUT2D eigenvalue weighted by atomic mass is 32.1. The molecule has 50 valence electrons. The van der Waals surface area contributed by atoms with Gasteiger partial charge in [0.25, 0.3) is 0 Å². The summed E-state index contributed by atoms with van der Waals surface area (Å²) in [6.45, 7) is 2.56. The smallest absolute Gasteiger partial charge is 0.0840 e. The van der Waals surface area contributed by atoms with Gasteiger partial charge < -0.3 is 4.74 Å². The summed E-state index contributed by atoms with van der Waals surface area (Å²) in [5.74, 6) is 0. The van der Waals surface area contributed by atoms with E-state index in [0.29, 0.717) is 6.61 Å². The Bertz CT molecular complexity index is 187. The van der Waals surface area contributed by atoms with E-state index >= 15 is 0 Å². The van der Waals surface area contributed by atoms with Gasteiger partial charge in [-0.3, -0.25) is 0 Å². The number of rotatable bonds is 2. The van der Waals surface area contributed by atoms with E-state index in [2.05, 4.69) is 9.59 Å². The van der Waals surface area contributed by atoms with E-state index in [1.807, 2.05) is 6.92 Å². The quantitative estimate of drug-likeness (QED) is 0.621. The monoisotopic (exact) mass is 144 g/mol. The van der Waals surface area contributed by atoms with Gasteiger partial charge in [0, 0.05) is 7.11 Å². The fourth-order valence-corrected chi connectivity index (χ4v) is 1.12. The van der Waals surface area contributed by atoms with Crippen molar-refractivity contribution in [3.05, 3.63) is 10.6 Å². The predicted molar refractivity (Wildman–Crippen MR) is 35.4 cm³/mol. The van der Waals surface area contributed by atoms with Crippen LogP contribution in [-0.4, -0.2) is 16.7 Å². The Morgan fingerprint density at radius 3 is 2.89 bits per heavy atom. The Hall–Kier alpha value is -0.480. The van der Waals surface area contributed by atoms with Crippen LogP contribution in [-0.2, 0) is 11.3 Å². The first-order valence-electron chi connectivity index (χ1n) is 2.61. The molecule has 1 aromatic rings. The number of hydrogen-bond acceptors (Lipinski definition) is 4. The van der Waals surface area contributed by atoms with Crippen molar-refractivity contribution >= 4 is 11.5 Å². The van der Waals surface area contributed by atoms with Crippen LogP contribution in [0.1, 0.15) is 10.6 Å². The minimum Gasteiger partial charge on any atom is -0.379 e. The summed E-state index contributed by atoms with van der Waals surface area (Å²) < 4.78 is 8.65. The second-order valence-electron chi connectivity index (χ2n) is 1.71. The summed E-state index contributed by atoms with van der Waals surface area (Å²) in [7, 11) is 1.67. The Morgan fingerprint density at radius 1 is 1.67 bits per heavy atom. The van der Waals surface area contributed by atoms with Gasteiger partial charge in [0.05, 0.1) is 17.2 Å². The van der Waals surface area contributed by atoms with Crippen LogP contribution in [0.2, 0.25) is 0 Å². The maximum absolute atomic E-state index is 4.90. The van der Waals surface area contributed by atoms with Crippen molar-refractivity contribution in [2.75, 3.05) is 7.11 Å². The highest BCUT2D eigenvalue weighted by molar-refractivity contribution is 7.05. The summed E-state index contributed by atoms with van der Waals surface area (Å²) >= 11 is 1.39. The van der Waals surface area contributed by atoms with Crippen LogP contribution < -0.4 is 0 Å². The van der Waals surface area contributed by atoms with Crippen LogP contribution in [0, 0.1) is 6.92 Å². The molecule has 1 heterocycles. The average Bonchev–Trinajstić information content (AvgIpc) is 2.18. The van der Waals surface area contributed by atoms with Crippen molar-refractivity contribution in [3.8, 4) is 0 Å². The maximum atomic E-state index is 4.90. The Morgan fingerprint density at radius 2 is 2.44 bits per heavy atom. The first-order valence-corrected chi connectivity index (χ1v) is 3.38. The van der Waals surface area contributed by atoms with E-state index in [1.165, 1.54) is 11.5 Å². The van der Waals surface area contributed by atoms with Gasteiger partial charge in [-0.05, 0) is 18.5 Å². The highest BCUT2D eigenvalue weighted by Crippen LogP contribution is 2.08. The fraction of sp³-hybridized carbons (Fsp3) is 0.600. The Labute approximate surface area is 57.8 Å².